The summed E-state index contributed by atoms with van der Waals surface area (Å²) in [7, 11) is 0. The van der Waals surface area contributed by atoms with Crippen molar-refractivity contribution in [2.45, 2.75) is 31.7 Å². The Balaban J connectivity index is 2.18. The molecule has 1 aromatic rings. The van der Waals surface area contributed by atoms with E-state index >= 15 is 0 Å². The molecule has 0 bridgehead atoms. The first-order chi connectivity index (χ1) is 9.63. The van der Waals surface area contributed by atoms with Crippen molar-refractivity contribution < 1.29 is 14.7 Å². The van der Waals surface area contributed by atoms with Gasteiger partial charge in [-0.25, -0.2) is 9.78 Å². The maximum atomic E-state index is 12.4. The van der Waals surface area contributed by atoms with Gasteiger partial charge < -0.3 is 10.0 Å². The molecule has 0 aromatic carbocycles. The third-order valence-corrected chi connectivity index (χ3v) is 3.52. The van der Waals surface area contributed by atoms with E-state index in [4.69, 9.17) is 11.5 Å². The van der Waals surface area contributed by atoms with Gasteiger partial charge in [0.25, 0.3) is 5.91 Å². The van der Waals surface area contributed by atoms with Crippen molar-refractivity contribution in [3.05, 3.63) is 29.6 Å². The van der Waals surface area contributed by atoms with E-state index in [1.54, 1.807) is 4.90 Å². The lowest BCUT2D eigenvalue weighted by molar-refractivity contribution is 0.0682. The van der Waals surface area contributed by atoms with Crippen LogP contribution in [0.4, 0.5) is 0 Å². The molecule has 1 aliphatic carbocycles. The third kappa shape index (κ3) is 2.97. The van der Waals surface area contributed by atoms with Crippen LogP contribution in [0.25, 0.3) is 0 Å². The Morgan fingerprint density at radius 3 is 2.60 bits per heavy atom. The fraction of sp³-hybridized carbons (Fsp3) is 0.400. The summed E-state index contributed by atoms with van der Waals surface area (Å²) in [6.45, 7) is 0.268. The van der Waals surface area contributed by atoms with E-state index in [2.05, 4.69) is 10.9 Å². The highest BCUT2D eigenvalue weighted by molar-refractivity contribution is 5.95. The minimum absolute atomic E-state index is 0.0779. The van der Waals surface area contributed by atoms with E-state index in [0.717, 1.165) is 25.7 Å². The van der Waals surface area contributed by atoms with Crippen molar-refractivity contribution in [1.82, 2.24) is 9.88 Å². The summed E-state index contributed by atoms with van der Waals surface area (Å²) in [5, 5.41) is 8.80. The zero-order chi connectivity index (χ0) is 14.5. The van der Waals surface area contributed by atoms with Crippen molar-refractivity contribution in [2.75, 3.05) is 6.54 Å². The number of hydrogen-bond acceptors (Lipinski definition) is 3. The van der Waals surface area contributed by atoms with Gasteiger partial charge in [-0.2, -0.15) is 0 Å². The molecule has 1 saturated carbocycles. The van der Waals surface area contributed by atoms with Crippen LogP contribution in [-0.4, -0.2) is 39.5 Å². The van der Waals surface area contributed by atoms with Crippen molar-refractivity contribution in [3.8, 4) is 12.3 Å². The van der Waals surface area contributed by atoms with Gasteiger partial charge >= 0.3 is 5.97 Å². The first-order valence-corrected chi connectivity index (χ1v) is 6.57. The number of pyridine rings is 1. The zero-order valence-electron chi connectivity index (χ0n) is 11.1. The molecule has 0 aliphatic heterocycles. The van der Waals surface area contributed by atoms with Gasteiger partial charge in [-0.1, -0.05) is 18.8 Å². The maximum Gasteiger partial charge on any atom is 0.354 e. The molecule has 1 heterocycles. The molecular formula is C15H16N2O3. The van der Waals surface area contributed by atoms with Crippen molar-refractivity contribution in [1.29, 1.82) is 0 Å². The van der Waals surface area contributed by atoms with Gasteiger partial charge in [-0.3, -0.25) is 4.79 Å². The van der Waals surface area contributed by atoms with Crippen LogP contribution in [0.15, 0.2) is 18.3 Å². The third-order valence-electron chi connectivity index (χ3n) is 3.52. The SMILES string of the molecule is C#CCN(C(=O)c1ccc(C(=O)O)nc1)C1CCCC1. The number of carbonyl (C=O) groups is 2. The van der Waals surface area contributed by atoms with Gasteiger partial charge in [0.1, 0.15) is 5.69 Å². The molecule has 20 heavy (non-hydrogen) atoms. The summed E-state index contributed by atoms with van der Waals surface area (Å²) in [6, 6.07) is 2.99. The number of nitrogens with zero attached hydrogens (tertiary/aromatic N) is 2. The molecule has 1 N–H and O–H groups in total. The number of carboxylic acid groups (broad SMARTS) is 1. The first-order valence-electron chi connectivity index (χ1n) is 6.57. The van der Waals surface area contributed by atoms with Gasteiger partial charge in [0.2, 0.25) is 0 Å². The number of aromatic nitrogens is 1. The van der Waals surface area contributed by atoms with E-state index in [-0.39, 0.29) is 24.2 Å². The molecule has 5 nitrogen and oxygen atoms in total. The average molecular weight is 272 g/mol. The lowest BCUT2D eigenvalue weighted by Gasteiger charge is -2.27. The molecule has 0 atom stereocenters. The molecule has 2 rings (SSSR count). The van der Waals surface area contributed by atoms with E-state index in [1.165, 1.54) is 18.3 Å². The van der Waals surface area contributed by atoms with E-state index in [9.17, 15) is 9.59 Å². The fourth-order valence-electron chi connectivity index (χ4n) is 2.49. The van der Waals surface area contributed by atoms with Gasteiger partial charge in [-0.05, 0) is 25.0 Å². The number of amides is 1. The van der Waals surface area contributed by atoms with Crippen LogP contribution in [0.3, 0.4) is 0 Å². The minimum Gasteiger partial charge on any atom is -0.477 e. The Labute approximate surface area is 117 Å². The lowest BCUT2D eigenvalue weighted by atomic mass is 10.1. The molecular weight excluding hydrogens is 256 g/mol. The summed E-state index contributed by atoms with van der Waals surface area (Å²) in [4.78, 5) is 28.6. The predicted molar refractivity (Wildman–Crippen MR) is 73.3 cm³/mol. The number of rotatable bonds is 4. The second kappa shape index (κ2) is 6.20. The van der Waals surface area contributed by atoms with E-state index < -0.39 is 5.97 Å². The minimum atomic E-state index is -1.11. The quantitative estimate of drug-likeness (QED) is 0.848. The van der Waals surface area contributed by atoms with Gasteiger partial charge in [0.05, 0.1) is 12.1 Å². The predicted octanol–water partition coefficient (Wildman–Crippen LogP) is 1.80. The summed E-state index contributed by atoms with van der Waals surface area (Å²) in [5.41, 5.74) is 0.295. The summed E-state index contributed by atoms with van der Waals surface area (Å²) in [5.74, 6) is 1.22. The Kier molecular flexibility index (Phi) is 4.36. The lowest BCUT2D eigenvalue weighted by Crippen LogP contribution is -2.39. The standard InChI is InChI=1S/C15H16N2O3/c1-2-9-17(12-5-3-4-6-12)14(18)11-7-8-13(15(19)20)16-10-11/h1,7-8,10,12H,3-6,9H2,(H,19,20). The van der Waals surface area contributed by atoms with Crippen molar-refractivity contribution >= 4 is 11.9 Å². The van der Waals surface area contributed by atoms with Crippen molar-refractivity contribution in [2.24, 2.45) is 0 Å². The number of aromatic carboxylic acids is 1. The highest BCUT2D eigenvalue weighted by Crippen LogP contribution is 2.24. The molecule has 1 amide bonds. The molecule has 104 valence electrons. The second-order valence-electron chi connectivity index (χ2n) is 4.81. The van der Waals surface area contributed by atoms with Gasteiger partial charge in [-0.15, -0.1) is 6.42 Å². The molecule has 0 saturated heterocycles. The number of hydrogen-bond donors (Lipinski definition) is 1. The Hall–Kier alpha value is -2.35. The van der Waals surface area contributed by atoms with Crippen LogP contribution >= 0.6 is 0 Å². The first kappa shape index (κ1) is 14.1. The average Bonchev–Trinajstić information content (AvgIpc) is 2.98. The topological polar surface area (TPSA) is 70.5 Å². The molecule has 0 unspecified atom stereocenters. The molecule has 0 spiro atoms. The summed E-state index contributed by atoms with van der Waals surface area (Å²) >= 11 is 0. The van der Waals surface area contributed by atoms with Crippen LogP contribution in [0.1, 0.15) is 46.5 Å². The summed E-state index contributed by atoms with van der Waals surface area (Å²) in [6.07, 6.45) is 10.8. The number of terminal acetylenes is 1. The van der Waals surface area contributed by atoms with Gasteiger partial charge in [0.15, 0.2) is 0 Å². The van der Waals surface area contributed by atoms with Crippen LogP contribution in [0.5, 0.6) is 0 Å². The molecule has 5 heteroatoms. The van der Waals surface area contributed by atoms with E-state index in [0.29, 0.717) is 5.56 Å². The Bertz CT molecular complexity index is 539. The number of carboxylic acids is 1. The largest absolute Gasteiger partial charge is 0.477 e. The monoisotopic (exact) mass is 272 g/mol. The van der Waals surface area contributed by atoms with Crippen LogP contribution in [-0.2, 0) is 0 Å². The second-order valence-corrected chi connectivity index (χ2v) is 4.81. The summed E-state index contributed by atoms with van der Waals surface area (Å²) < 4.78 is 0. The van der Waals surface area contributed by atoms with Crippen LogP contribution in [0, 0.1) is 12.3 Å². The van der Waals surface area contributed by atoms with E-state index in [1.807, 2.05) is 0 Å². The fourth-order valence-corrected chi connectivity index (χ4v) is 2.49. The van der Waals surface area contributed by atoms with Crippen LogP contribution < -0.4 is 0 Å². The smallest absolute Gasteiger partial charge is 0.354 e. The molecule has 1 aromatic heterocycles. The van der Waals surface area contributed by atoms with Crippen molar-refractivity contribution in [3.63, 3.8) is 0 Å². The zero-order valence-corrected chi connectivity index (χ0v) is 11.1. The maximum absolute atomic E-state index is 12.4. The Morgan fingerprint density at radius 1 is 1.40 bits per heavy atom. The van der Waals surface area contributed by atoms with Crippen LogP contribution in [0.2, 0.25) is 0 Å². The molecule has 1 fully saturated rings. The highest BCUT2D eigenvalue weighted by atomic mass is 16.4. The highest BCUT2D eigenvalue weighted by Gasteiger charge is 2.27. The molecule has 1 aliphatic rings. The van der Waals surface area contributed by atoms with Gasteiger partial charge in [0, 0.05) is 12.2 Å². The normalized spacial score (nSPS) is 14.8. The number of carbonyl (C=O) groups excluding carboxylic acids is 1. The Morgan fingerprint density at radius 2 is 2.10 bits per heavy atom. The molecule has 0 radical (unpaired) electrons.